The fraction of sp³-hybridized carbons (Fsp3) is 0.286. The van der Waals surface area contributed by atoms with Crippen molar-refractivity contribution in [1.29, 1.82) is 0 Å². The fourth-order valence-corrected chi connectivity index (χ4v) is 1.99. The van der Waals surface area contributed by atoms with Gasteiger partial charge in [-0.15, -0.1) is 0 Å². The van der Waals surface area contributed by atoms with Crippen molar-refractivity contribution < 1.29 is 4.74 Å². The lowest BCUT2D eigenvalue weighted by Crippen LogP contribution is -1.95. The first-order chi connectivity index (χ1) is 8.70. The summed E-state index contributed by atoms with van der Waals surface area (Å²) in [5.41, 5.74) is 2.72. The number of nitrogens with zero attached hydrogens (tertiary/aromatic N) is 2. The summed E-state index contributed by atoms with van der Waals surface area (Å²) in [7, 11) is 0. The van der Waals surface area contributed by atoms with Crippen LogP contribution in [0, 0.1) is 6.92 Å². The quantitative estimate of drug-likeness (QED) is 0.790. The highest BCUT2D eigenvalue weighted by molar-refractivity contribution is 6.28. The third-order valence-electron chi connectivity index (χ3n) is 2.80. The van der Waals surface area contributed by atoms with Gasteiger partial charge >= 0.3 is 0 Å². The van der Waals surface area contributed by atoms with E-state index >= 15 is 0 Å². The molecule has 4 heteroatoms. The molecule has 1 heterocycles. The topological polar surface area (TPSA) is 35.0 Å². The van der Waals surface area contributed by atoms with Crippen molar-refractivity contribution in [2.75, 3.05) is 0 Å². The van der Waals surface area contributed by atoms with E-state index < -0.39 is 0 Å². The van der Waals surface area contributed by atoms with Crippen LogP contribution < -0.4 is 4.74 Å². The molecule has 1 aliphatic rings. The SMILES string of the molecule is Cc1cc(-c2ccc(OC3CC3)cc2)nc(Cl)n1. The molecule has 1 aromatic heterocycles. The van der Waals surface area contributed by atoms with Crippen LogP contribution in [0.15, 0.2) is 30.3 Å². The molecule has 92 valence electrons. The van der Waals surface area contributed by atoms with E-state index in [0.29, 0.717) is 6.10 Å². The van der Waals surface area contributed by atoms with Crippen LogP contribution >= 0.6 is 11.6 Å². The molecule has 2 aromatic rings. The number of hydrogen-bond donors (Lipinski definition) is 0. The maximum absolute atomic E-state index is 5.86. The lowest BCUT2D eigenvalue weighted by atomic mass is 10.1. The van der Waals surface area contributed by atoms with Gasteiger partial charge in [-0.25, -0.2) is 9.97 Å². The van der Waals surface area contributed by atoms with Gasteiger partial charge in [0.15, 0.2) is 0 Å². The normalized spacial score (nSPS) is 14.6. The Kier molecular flexibility index (Phi) is 2.92. The molecule has 0 amide bonds. The summed E-state index contributed by atoms with van der Waals surface area (Å²) < 4.78 is 5.70. The summed E-state index contributed by atoms with van der Waals surface area (Å²) in [6, 6.07) is 9.85. The highest BCUT2D eigenvalue weighted by atomic mass is 35.5. The van der Waals surface area contributed by atoms with Crippen molar-refractivity contribution in [2.24, 2.45) is 0 Å². The summed E-state index contributed by atoms with van der Waals surface area (Å²) in [5, 5.41) is 0.281. The lowest BCUT2D eigenvalue weighted by molar-refractivity contribution is 0.303. The van der Waals surface area contributed by atoms with E-state index in [0.717, 1.165) is 22.7 Å². The standard InChI is InChI=1S/C14H13ClN2O/c1-9-8-13(17-14(15)16-9)10-2-4-11(5-3-10)18-12-6-7-12/h2-5,8,12H,6-7H2,1H3. The Bertz CT molecular complexity index is 544. The zero-order valence-electron chi connectivity index (χ0n) is 10.1. The van der Waals surface area contributed by atoms with Gasteiger partial charge in [0.1, 0.15) is 5.75 Å². The fourth-order valence-electron chi connectivity index (χ4n) is 1.76. The smallest absolute Gasteiger partial charge is 0.223 e. The molecule has 1 aliphatic carbocycles. The number of aryl methyl sites for hydroxylation is 1. The number of aromatic nitrogens is 2. The summed E-state index contributed by atoms with van der Waals surface area (Å²) in [6.07, 6.45) is 2.76. The molecule has 0 atom stereocenters. The predicted molar refractivity (Wildman–Crippen MR) is 70.9 cm³/mol. The van der Waals surface area contributed by atoms with Crippen molar-refractivity contribution >= 4 is 11.6 Å². The van der Waals surface area contributed by atoms with Gasteiger partial charge in [0, 0.05) is 11.3 Å². The van der Waals surface area contributed by atoms with E-state index in [-0.39, 0.29) is 5.28 Å². The highest BCUT2D eigenvalue weighted by Gasteiger charge is 2.23. The summed E-state index contributed by atoms with van der Waals surface area (Å²) in [5.74, 6) is 0.915. The van der Waals surface area contributed by atoms with E-state index in [4.69, 9.17) is 16.3 Å². The number of benzene rings is 1. The molecular weight excluding hydrogens is 248 g/mol. The van der Waals surface area contributed by atoms with Gasteiger partial charge in [-0.2, -0.15) is 0 Å². The molecule has 0 saturated heterocycles. The minimum atomic E-state index is 0.281. The molecule has 0 aliphatic heterocycles. The number of halogens is 1. The monoisotopic (exact) mass is 260 g/mol. The van der Waals surface area contributed by atoms with Crippen LogP contribution in [0.3, 0.4) is 0 Å². The van der Waals surface area contributed by atoms with Gasteiger partial charge in [0.2, 0.25) is 5.28 Å². The number of rotatable bonds is 3. The second-order valence-corrected chi connectivity index (χ2v) is 4.84. The zero-order valence-corrected chi connectivity index (χ0v) is 10.8. The molecule has 0 bridgehead atoms. The first kappa shape index (κ1) is 11.5. The Labute approximate surface area is 111 Å². The maximum Gasteiger partial charge on any atom is 0.223 e. The van der Waals surface area contributed by atoms with E-state index in [9.17, 15) is 0 Å². The molecule has 1 aromatic carbocycles. The molecule has 0 N–H and O–H groups in total. The predicted octanol–water partition coefficient (Wildman–Crippen LogP) is 3.65. The van der Waals surface area contributed by atoms with Crippen molar-refractivity contribution in [3.05, 3.63) is 41.3 Å². The van der Waals surface area contributed by atoms with Crippen LogP contribution in [-0.4, -0.2) is 16.1 Å². The van der Waals surface area contributed by atoms with E-state index in [1.54, 1.807) is 0 Å². The lowest BCUT2D eigenvalue weighted by Gasteiger charge is -2.06. The van der Waals surface area contributed by atoms with Gasteiger partial charge < -0.3 is 4.74 Å². The summed E-state index contributed by atoms with van der Waals surface area (Å²) >= 11 is 5.86. The van der Waals surface area contributed by atoms with Crippen LogP contribution in [0.2, 0.25) is 5.28 Å². The van der Waals surface area contributed by atoms with Crippen LogP contribution in [0.1, 0.15) is 18.5 Å². The van der Waals surface area contributed by atoms with E-state index in [1.807, 2.05) is 37.3 Å². The second kappa shape index (κ2) is 4.58. The van der Waals surface area contributed by atoms with Crippen LogP contribution in [0.25, 0.3) is 11.3 Å². The first-order valence-electron chi connectivity index (χ1n) is 5.99. The minimum Gasteiger partial charge on any atom is -0.490 e. The average molecular weight is 261 g/mol. The molecule has 18 heavy (non-hydrogen) atoms. The third-order valence-corrected chi connectivity index (χ3v) is 2.97. The van der Waals surface area contributed by atoms with Crippen LogP contribution in [0.5, 0.6) is 5.75 Å². The molecule has 1 saturated carbocycles. The number of hydrogen-bond acceptors (Lipinski definition) is 3. The molecule has 0 spiro atoms. The molecule has 3 nitrogen and oxygen atoms in total. The van der Waals surface area contributed by atoms with Crippen molar-refractivity contribution in [3.63, 3.8) is 0 Å². The minimum absolute atomic E-state index is 0.281. The van der Waals surface area contributed by atoms with Gasteiger partial charge in [-0.1, -0.05) is 0 Å². The highest BCUT2D eigenvalue weighted by Crippen LogP contribution is 2.28. The molecule has 0 radical (unpaired) electrons. The third kappa shape index (κ3) is 2.62. The van der Waals surface area contributed by atoms with Gasteiger partial charge in [0.05, 0.1) is 11.8 Å². The van der Waals surface area contributed by atoms with Gasteiger partial charge in [-0.3, -0.25) is 0 Å². The Morgan fingerprint density at radius 3 is 2.50 bits per heavy atom. The molecule has 0 unspecified atom stereocenters. The molecular formula is C14H13ClN2O. The van der Waals surface area contributed by atoms with Crippen molar-refractivity contribution in [3.8, 4) is 17.0 Å². The Morgan fingerprint density at radius 2 is 1.89 bits per heavy atom. The van der Waals surface area contributed by atoms with Gasteiger partial charge in [0.25, 0.3) is 0 Å². The molecule has 1 fully saturated rings. The summed E-state index contributed by atoms with van der Waals surface area (Å²) in [6.45, 7) is 1.90. The first-order valence-corrected chi connectivity index (χ1v) is 6.37. The average Bonchev–Trinajstić information content (AvgIpc) is 3.12. The molecule has 3 rings (SSSR count). The maximum atomic E-state index is 5.86. The Morgan fingerprint density at radius 1 is 1.17 bits per heavy atom. The Hall–Kier alpha value is -1.61. The van der Waals surface area contributed by atoms with Crippen LogP contribution in [0.4, 0.5) is 0 Å². The van der Waals surface area contributed by atoms with E-state index in [1.165, 1.54) is 12.8 Å². The van der Waals surface area contributed by atoms with E-state index in [2.05, 4.69) is 9.97 Å². The zero-order chi connectivity index (χ0) is 12.5. The van der Waals surface area contributed by atoms with Gasteiger partial charge in [-0.05, 0) is 61.7 Å². The Balaban J connectivity index is 1.86. The second-order valence-electron chi connectivity index (χ2n) is 4.51. The summed E-state index contributed by atoms with van der Waals surface area (Å²) in [4.78, 5) is 8.28. The van der Waals surface area contributed by atoms with Crippen molar-refractivity contribution in [1.82, 2.24) is 9.97 Å². The van der Waals surface area contributed by atoms with Crippen LogP contribution in [-0.2, 0) is 0 Å². The van der Waals surface area contributed by atoms with Crippen molar-refractivity contribution in [2.45, 2.75) is 25.9 Å². The number of ether oxygens (including phenoxy) is 1. The largest absolute Gasteiger partial charge is 0.490 e.